The van der Waals surface area contributed by atoms with Gasteiger partial charge in [-0.15, -0.1) is 10.2 Å². The molecule has 8 nitrogen and oxygen atoms in total. The second-order valence-electron chi connectivity index (χ2n) is 8.49. The third kappa shape index (κ3) is 5.37. The van der Waals surface area contributed by atoms with Crippen LogP contribution < -0.4 is 14.4 Å². The predicted molar refractivity (Wildman–Crippen MR) is 135 cm³/mol. The highest BCUT2D eigenvalue weighted by atomic mass is 32.2. The van der Waals surface area contributed by atoms with Gasteiger partial charge in [0.1, 0.15) is 5.75 Å². The molecule has 1 aliphatic rings. The van der Waals surface area contributed by atoms with Gasteiger partial charge in [0.05, 0.1) is 17.1 Å². The second-order valence-corrected chi connectivity index (χ2v) is 12.6. The summed E-state index contributed by atoms with van der Waals surface area (Å²) in [4.78, 5) is 13.2. The van der Waals surface area contributed by atoms with Crippen LogP contribution in [-0.4, -0.2) is 42.9 Å². The van der Waals surface area contributed by atoms with E-state index in [2.05, 4.69) is 29.4 Å². The largest absolute Gasteiger partial charge is 0.476 e. The van der Waals surface area contributed by atoms with Crippen LogP contribution in [0.3, 0.4) is 0 Å². The second kappa shape index (κ2) is 9.93. The van der Waals surface area contributed by atoms with Crippen LogP contribution >= 0.6 is 23.1 Å². The molecule has 0 fully saturated rings. The molecule has 0 spiro atoms. The Bertz CT molecular complexity index is 1290. The smallest absolute Gasteiger partial charge is 0.269 e. The number of rotatable bonds is 7. The van der Waals surface area contributed by atoms with E-state index >= 15 is 0 Å². The number of hydrogen-bond donors (Lipinski definition) is 1. The van der Waals surface area contributed by atoms with Gasteiger partial charge in [0, 0.05) is 5.75 Å². The van der Waals surface area contributed by atoms with Crippen molar-refractivity contribution in [3.8, 4) is 5.75 Å². The number of nitrogens with zero attached hydrogens (tertiary/aromatic N) is 3. The molecule has 4 rings (SSSR count). The molecule has 0 radical (unpaired) electrons. The highest BCUT2D eigenvalue weighted by molar-refractivity contribution is 8.01. The van der Waals surface area contributed by atoms with Crippen molar-refractivity contribution >= 4 is 49.8 Å². The van der Waals surface area contributed by atoms with Gasteiger partial charge in [0.2, 0.25) is 5.13 Å². The summed E-state index contributed by atoms with van der Waals surface area (Å²) in [5.41, 5.74) is 2.25. The van der Waals surface area contributed by atoms with Crippen LogP contribution in [0.25, 0.3) is 0 Å². The molecular formula is C23H26N4O4S3. The summed E-state index contributed by atoms with van der Waals surface area (Å²) in [5, 5.41) is 11.2. The summed E-state index contributed by atoms with van der Waals surface area (Å²) in [5.74, 6) is 1.27. The maximum absolute atomic E-state index is 13.5. The number of carbonyl (C=O) groups is 1. The third-order valence-corrected chi connectivity index (χ3v) is 9.26. The lowest BCUT2D eigenvalue weighted by Gasteiger charge is -2.34. The molecule has 0 saturated carbocycles. The van der Waals surface area contributed by atoms with Crippen LogP contribution in [0.1, 0.15) is 25.0 Å². The highest BCUT2D eigenvalue weighted by Gasteiger charge is 2.38. The van der Waals surface area contributed by atoms with Gasteiger partial charge >= 0.3 is 0 Å². The van der Waals surface area contributed by atoms with E-state index in [9.17, 15) is 13.2 Å². The first-order chi connectivity index (χ1) is 16.1. The predicted octanol–water partition coefficient (Wildman–Crippen LogP) is 4.50. The van der Waals surface area contributed by atoms with Gasteiger partial charge in [-0.1, -0.05) is 60.7 Å². The number of anilines is 2. The normalized spacial score (nSPS) is 15.7. The fourth-order valence-electron chi connectivity index (χ4n) is 3.31. The lowest BCUT2D eigenvalue weighted by molar-refractivity contribution is -0.122. The van der Waals surface area contributed by atoms with E-state index in [-0.39, 0.29) is 11.4 Å². The van der Waals surface area contributed by atoms with Crippen molar-refractivity contribution in [2.45, 2.75) is 43.0 Å². The van der Waals surface area contributed by atoms with E-state index in [1.54, 1.807) is 48.2 Å². The highest BCUT2D eigenvalue weighted by Crippen LogP contribution is 2.38. The first-order valence-corrected chi connectivity index (χ1v) is 14.0. The standard InChI is InChI=1S/C23H26N4O4S3/c1-14(2)13-32-23-26-25-22(33-23)24-21(28)20-12-27(18-10-7-16(4)11-19(18)31-20)34(29,30)17-8-5-15(3)6-9-17/h5-11,14,20H,12-13H2,1-4H3,(H,24,25,28)/t20-/m0/s1. The van der Waals surface area contributed by atoms with Crippen LogP contribution in [-0.2, 0) is 14.8 Å². The van der Waals surface area contributed by atoms with Crippen molar-refractivity contribution in [2.75, 3.05) is 21.9 Å². The molecule has 0 aliphatic carbocycles. The topological polar surface area (TPSA) is 101 Å². The number of sulfonamides is 1. The number of carbonyl (C=O) groups excluding carboxylic acids is 1. The van der Waals surface area contributed by atoms with Crippen molar-refractivity contribution in [1.82, 2.24) is 10.2 Å². The summed E-state index contributed by atoms with van der Waals surface area (Å²) >= 11 is 2.86. The van der Waals surface area contributed by atoms with Crippen molar-refractivity contribution in [2.24, 2.45) is 5.92 Å². The number of aromatic nitrogens is 2. The molecule has 2 aromatic carbocycles. The molecule has 0 bridgehead atoms. The van der Waals surface area contributed by atoms with E-state index < -0.39 is 22.0 Å². The fourth-order valence-corrected chi connectivity index (χ4v) is 6.51. The Morgan fingerprint density at radius 3 is 2.59 bits per heavy atom. The number of fused-ring (bicyclic) bond motifs is 1. The van der Waals surface area contributed by atoms with Crippen LogP contribution in [0.2, 0.25) is 0 Å². The average molecular weight is 519 g/mol. The number of benzene rings is 2. The Hall–Kier alpha value is -2.63. The van der Waals surface area contributed by atoms with Gasteiger partial charge in [0.25, 0.3) is 15.9 Å². The van der Waals surface area contributed by atoms with Gasteiger partial charge < -0.3 is 4.74 Å². The first kappa shape index (κ1) is 24.5. The Labute approximate surface area is 207 Å². The number of ether oxygens (including phenoxy) is 1. The van der Waals surface area contributed by atoms with Crippen LogP contribution in [0.15, 0.2) is 51.7 Å². The van der Waals surface area contributed by atoms with Crippen molar-refractivity contribution in [3.63, 3.8) is 0 Å². The minimum Gasteiger partial charge on any atom is -0.476 e. The summed E-state index contributed by atoms with van der Waals surface area (Å²) in [6, 6.07) is 11.9. The Morgan fingerprint density at radius 2 is 1.88 bits per heavy atom. The van der Waals surface area contributed by atoms with Crippen LogP contribution in [0.5, 0.6) is 5.75 Å². The number of amides is 1. The zero-order valence-electron chi connectivity index (χ0n) is 19.3. The van der Waals surface area contributed by atoms with E-state index in [0.29, 0.717) is 22.5 Å². The van der Waals surface area contributed by atoms with Crippen LogP contribution in [0, 0.1) is 19.8 Å². The summed E-state index contributed by atoms with van der Waals surface area (Å²) in [6.07, 6.45) is -1.05. The van der Waals surface area contributed by atoms with Gasteiger partial charge in [-0.2, -0.15) is 0 Å². The summed E-state index contributed by atoms with van der Waals surface area (Å²) in [6.45, 7) is 7.85. The summed E-state index contributed by atoms with van der Waals surface area (Å²) in [7, 11) is -3.91. The van der Waals surface area contributed by atoms with Crippen LogP contribution in [0.4, 0.5) is 10.8 Å². The molecule has 1 aromatic heterocycles. The molecule has 0 saturated heterocycles. The SMILES string of the molecule is Cc1ccc(S(=O)(=O)N2C[C@@H](C(=O)Nc3nnc(SCC(C)C)s3)Oc3cc(C)ccc32)cc1. The van der Waals surface area contributed by atoms with Gasteiger partial charge in [0.15, 0.2) is 10.4 Å². The van der Waals surface area contributed by atoms with E-state index in [1.807, 2.05) is 19.9 Å². The quantitative estimate of drug-likeness (QED) is 0.363. The molecule has 1 N–H and O–H groups in total. The maximum Gasteiger partial charge on any atom is 0.269 e. The molecule has 3 aromatic rings. The molecule has 1 amide bonds. The lowest BCUT2D eigenvalue weighted by Crippen LogP contribution is -2.48. The number of hydrogen-bond acceptors (Lipinski definition) is 8. The number of aryl methyl sites for hydroxylation is 2. The van der Waals surface area contributed by atoms with Gasteiger partial charge in [-0.3, -0.25) is 14.4 Å². The zero-order valence-corrected chi connectivity index (χ0v) is 21.8. The van der Waals surface area contributed by atoms with Crippen molar-refractivity contribution < 1.29 is 17.9 Å². The van der Waals surface area contributed by atoms with Crippen molar-refractivity contribution in [3.05, 3.63) is 53.6 Å². The van der Waals surface area contributed by atoms with Crippen molar-refractivity contribution in [1.29, 1.82) is 0 Å². The van der Waals surface area contributed by atoms with E-state index in [0.717, 1.165) is 21.2 Å². The zero-order chi connectivity index (χ0) is 24.5. The first-order valence-electron chi connectivity index (χ1n) is 10.8. The molecule has 1 atom stereocenters. The minimum absolute atomic E-state index is 0.154. The summed E-state index contributed by atoms with van der Waals surface area (Å²) < 4.78 is 35.0. The molecule has 0 unspecified atom stereocenters. The van der Waals surface area contributed by atoms with Gasteiger partial charge in [-0.25, -0.2) is 8.42 Å². The fraction of sp³-hybridized carbons (Fsp3) is 0.348. The Morgan fingerprint density at radius 1 is 1.18 bits per heavy atom. The Kier molecular flexibility index (Phi) is 7.15. The average Bonchev–Trinajstić information content (AvgIpc) is 3.24. The lowest BCUT2D eigenvalue weighted by atomic mass is 10.1. The Balaban J connectivity index is 1.59. The maximum atomic E-state index is 13.5. The molecule has 180 valence electrons. The minimum atomic E-state index is -3.91. The van der Waals surface area contributed by atoms with E-state index in [1.165, 1.54) is 15.6 Å². The molecular weight excluding hydrogens is 492 g/mol. The molecule has 34 heavy (non-hydrogen) atoms. The van der Waals surface area contributed by atoms with E-state index in [4.69, 9.17) is 4.74 Å². The molecule has 11 heteroatoms. The molecule has 2 heterocycles. The number of thioether (sulfide) groups is 1. The third-order valence-electron chi connectivity index (χ3n) is 5.06. The number of nitrogens with one attached hydrogen (secondary N) is 1. The van der Waals surface area contributed by atoms with Gasteiger partial charge in [-0.05, 0) is 49.6 Å². The molecule has 1 aliphatic heterocycles. The monoisotopic (exact) mass is 518 g/mol.